The summed E-state index contributed by atoms with van der Waals surface area (Å²) in [5.74, 6) is -0.267. The molecule has 0 N–H and O–H groups in total. The van der Waals surface area contributed by atoms with Crippen molar-refractivity contribution in [2.75, 3.05) is 21.2 Å². The number of rotatable bonds is 5. The van der Waals surface area contributed by atoms with Crippen LogP contribution in [-0.2, 0) is 14.3 Å². The molecule has 0 aromatic carbocycles. The van der Waals surface area contributed by atoms with Crippen molar-refractivity contribution < 1.29 is 18.8 Å². The molecule has 2 rings (SSSR count). The lowest BCUT2D eigenvalue weighted by Gasteiger charge is -2.09. The molecule has 0 bridgehead atoms. The van der Waals surface area contributed by atoms with Gasteiger partial charge >= 0.3 is 5.97 Å². The number of hydrogen-bond donors (Lipinski definition) is 0. The number of aromatic nitrogens is 1. The first kappa shape index (κ1) is 14.3. The van der Waals surface area contributed by atoms with Gasteiger partial charge in [0, 0.05) is 38.2 Å². The predicted octanol–water partition coefficient (Wildman–Crippen LogP) is 1.27. The van der Waals surface area contributed by atoms with Crippen molar-refractivity contribution in [1.29, 1.82) is 0 Å². The topological polar surface area (TPSA) is 72.6 Å². The fraction of sp³-hybridized carbons (Fsp3) is 0.500. The van der Waals surface area contributed by atoms with Crippen LogP contribution in [0.3, 0.4) is 0 Å². The van der Waals surface area contributed by atoms with E-state index in [1.54, 1.807) is 19.0 Å². The maximum Gasteiger partial charge on any atom is 0.342 e. The number of esters is 1. The summed E-state index contributed by atoms with van der Waals surface area (Å²) in [7, 11) is 4.77. The van der Waals surface area contributed by atoms with E-state index in [1.165, 1.54) is 13.3 Å². The maximum atomic E-state index is 12.4. The zero-order valence-corrected chi connectivity index (χ0v) is 12.0. The minimum absolute atomic E-state index is 0.0372. The van der Waals surface area contributed by atoms with Crippen LogP contribution in [0.5, 0.6) is 0 Å². The number of Topliss-reactive ketones (excluding diaryl/α,β-unsaturated/α-hetero) is 1. The minimum Gasteiger partial charge on any atom is -0.465 e. The monoisotopic (exact) mass is 278 g/mol. The van der Waals surface area contributed by atoms with Crippen molar-refractivity contribution in [3.63, 3.8) is 0 Å². The summed E-state index contributed by atoms with van der Waals surface area (Å²) < 4.78 is 9.68. The molecule has 6 nitrogen and oxygen atoms in total. The van der Waals surface area contributed by atoms with E-state index >= 15 is 0 Å². The van der Waals surface area contributed by atoms with Crippen LogP contribution in [0, 0.1) is 12.8 Å². The Morgan fingerprint density at radius 3 is 2.70 bits per heavy atom. The molecule has 0 amide bonds. The summed E-state index contributed by atoms with van der Waals surface area (Å²) in [6.07, 6.45) is 2.18. The number of ketones is 1. The van der Waals surface area contributed by atoms with Crippen LogP contribution in [0.15, 0.2) is 22.4 Å². The Balaban J connectivity index is 2.13. The molecule has 1 heterocycles. The van der Waals surface area contributed by atoms with Gasteiger partial charge in [-0.2, -0.15) is 0 Å². The van der Waals surface area contributed by atoms with Crippen LogP contribution < -0.4 is 0 Å². The Morgan fingerprint density at radius 1 is 1.50 bits per heavy atom. The van der Waals surface area contributed by atoms with Gasteiger partial charge in [-0.1, -0.05) is 5.16 Å². The second-order valence-electron chi connectivity index (χ2n) is 5.17. The highest BCUT2D eigenvalue weighted by Crippen LogP contribution is 2.48. The molecule has 108 valence electrons. The molecule has 6 heteroatoms. The highest BCUT2D eigenvalue weighted by molar-refractivity contribution is 6.19. The molecule has 1 aromatic rings. The van der Waals surface area contributed by atoms with E-state index in [2.05, 4.69) is 9.89 Å². The van der Waals surface area contributed by atoms with Gasteiger partial charge in [-0.05, 0) is 13.3 Å². The average Bonchev–Trinajstić information content (AvgIpc) is 3.09. The summed E-state index contributed by atoms with van der Waals surface area (Å²) in [5.41, 5.74) is 0.847. The highest BCUT2D eigenvalue weighted by Gasteiger charge is 2.47. The van der Waals surface area contributed by atoms with Crippen LogP contribution in [-0.4, -0.2) is 43.0 Å². The number of ether oxygens (including phenoxy) is 1. The van der Waals surface area contributed by atoms with Crippen molar-refractivity contribution in [3.05, 3.63) is 29.3 Å². The molecular weight excluding hydrogens is 260 g/mol. The third-order valence-corrected chi connectivity index (χ3v) is 3.21. The van der Waals surface area contributed by atoms with Crippen LogP contribution in [0.4, 0.5) is 0 Å². The number of aryl methyl sites for hydroxylation is 1. The van der Waals surface area contributed by atoms with Crippen LogP contribution >= 0.6 is 0 Å². The smallest absolute Gasteiger partial charge is 0.342 e. The first-order chi connectivity index (χ1) is 9.43. The standard InChI is InChI=1S/C14H18N2O4/c1-8-5-12(15-20-8)9-6-10(9)13(17)11(7-16(2)3)14(18)19-4/h5,7,9-10H,6H2,1-4H3/b11-7-. The molecule has 0 saturated heterocycles. The van der Waals surface area contributed by atoms with Crippen molar-refractivity contribution in [3.8, 4) is 0 Å². The molecular formula is C14H18N2O4. The zero-order chi connectivity index (χ0) is 14.9. The first-order valence-corrected chi connectivity index (χ1v) is 6.38. The lowest BCUT2D eigenvalue weighted by Crippen LogP contribution is -2.19. The van der Waals surface area contributed by atoms with Gasteiger partial charge in [0.05, 0.1) is 12.8 Å². The van der Waals surface area contributed by atoms with E-state index in [4.69, 9.17) is 4.52 Å². The third kappa shape index (κ3) is 2.89. The number of carbonyl (C=O) groups excluding carboxylic acids is 2. The second kappa shape index (κ2) is 5.48. The van der Waals surface area contributed by atoms with Crippen molar-refractivity contribution in [2.45, 2.75) is 19.3 Å². The molecule has 1 saturated carbocycles. The first-order valence-electron chi connectivity index (χ1n) is 6.38. The molecule has 2 atom stereocenters. The highest BCUT2D eigenvalue weighted by atomic mass is 16.5. The van der Waals surface area contributed by atoms with Gasteiger partial charge in [0.15, 0.2) is 5.78 Å². The number of methoxy groups -OCH3 is 1. The van der Waals surface area contributed by atoms with Gasteiger partial charge < -0.3 is 14.2 Å². The van der Waals surface area contributed by atoms with Crippen molar-refractivity contribution in [1.82, 2.24) is 10.1 Å². The molecule has 1 aliphatic carbocycles. The van der Waals surface area contributed by atoms with Gasteiger partial charge in [-0.15, -0.1) is 0 Å². The number of carbonyl (C=O) groups is 2. The van der Waals surface area contributed by atoms with E-state index < -0.39 is 5.97 Å². The summed E-state index contributed by atoms with van der Waals surface area (Å²) in [4.78, 5) is 25.7. The lowest BCUT2D eigenvalue weighted by molar-refractivity contribution is -0.138. The Kier molecular flexibility index (Phi) is 3.92. The van der Waals surface area contributed by atoms with Crippen LogP contribution in [0.2, 0.25) is 0 Å². The maximum absolute atomic E-state index is 12.4. The summed E-state index contributed by atoms with van der Waals surface area (Å²) in [6.45, 7) is 1.81. The molecule has 1 aromatic heterocycles. The Labute approximate surface area is 117 Å². The predicted molar refractivity (Wildman–Crippen MR) is 70.9 cm³/mol. The molecule has 1 fully saturated rings. The summed E-state index contributed by atoms with van der Waals surface area (Å²) in [6, 6.07) is 1.82. The zero-order valence-electron chi connectivity index (χ0n) is 12.0. The second-order valence-corrected chi connectivity index (χ2v) is 5.17. The minimum atomic E-state index is -0.606. The lowest BCUT2D eigenvalue weighted by atomic mass is 10.1. The van der Waals surface area contributed by atoms with E-state index in [1.807, 2.05) is 13.0 Å². The Hall–Kier alpha value is -2.11. The fourth-order valence-corrected chi connectivity index (χ4v) is 2.16. The van der Waals surface area contributed by atoms with E-state index in [0.29, 0.717) is 6.42 Å². The average molecular weight is 278 g/mol. The molecule has 0 radical (unpaired) electrons. The van der Waals surface area contributed by atoms with Crippen molar-refractivity contribution in [2.24, 2.45) is 5.92 Å². The molecule has 20 heavy (non-hydrogen) atoms. The largest absolute Gasteiger partial charge is 0.465 e. The normalized spacial score (nSPS) is 21.5. The SMILES string of the molecule is COC(=O)/C(=C\N(C)C)C(=O)C1CC1c1cc(C)on1. The van der Waals surface area contributed by atoms with Gasteiger partial charge in [0.1, 0.15) is 11.3 Å². The van der Waals surface area contributed by atoms with Gasteiger partial charge in [0.2, 0.25) is 0 Å². The summed E-state index contributed by atoms with van der Waals surface area (Å²) >= 11 is 0. The fourth-order valence-electron chi connectivity index (χ4n) is 2.16. The van der Waals surface area contributed by atoms with Gasteiger partial charge in [-0.3, -0.25) is 4.79 Å². The van der Waals surface area contributed by atoms with Gasteiger partial charge in [0.25, 0.3) is 0 Å². The van der Waals surface area contributed by atoms with Crippen LogP contribution in [0.1, 0.15) is 23.8 Å². The molecule has 0 aliphatic heterocycles. The summed E-state index contributed by atoms with van der Waals surface area (Å²) in [5, 5.41) is 3.92. The third-order valence-electron chi connectivity index (χ3n) is 3.21. The number of hydrogen-bond acceptors (Lipinski definition) is 6. The van der Waals surface area contributed by atoms with Crippen molar-refractivity contribution >= 4 is 11.8 Å². The number of nitrogens with zero attached hydrogens (tertiary/aromatic N) is 2. The quantitative estimate of drug-likeness (QED) is 0.349. The molecule has 0 spiro atoms. The van der Waals surface area contributed by atoms with E-state index in [-0.39, 0.29) is 23.2 Å². The Morgan fingerprint density at radius 2 is 2.20 bits per heavy atom. The molecule has 1 aliphatic rings. The van der Waals surface area contributed by atoms with E-state index in [0.717, 1.165) is 11.5 Å². The van der Waals surface area contributed by atoms with Gasteiger partial charge in [-0.25, -0.2) is 4.79 Å². The van der Waals surface area contributed by atoms with E-state index in [9.17, 15) is 9.59 Å². The van der Waals surface area contributed by atoms with Crippen LogP contribution in [0.25, 0.3) is 0 Å². The molecule has 2 unspecified atom stereocenters. The Bertz CT molecular complexity index is 559.